The summed E-state index contributed by atoms with van der Waals surface area (Å²) in [6, 6.07) is 0. The van der Waals surface area contributed by atoms with Crippen LogP contribution in [0.4, 0.5) is 0 Å². The number of thioether (sulfide) groups is 1. The molecule has 0 saturated carbocycles. The van der Waals surface area contributed by atoms with E-state index in [0.29, 0.717) is 0 Å². The molecule has 0 radical (unpaired) electrons. The lowest BCUT2D eigenvalue weighted by molar-refractivity contribution is 0.0713. The van der Waals surface area contributed by atoms with Crippen molar-refractivity contribution in [3.8, 4) is 0 Å². The normalized spacial score (nSPS) is 12.0. The van der Waals surface area contributed by atoms with Crippen LogP contribution in [0.5, 0.6) is 0 Å². The van der Waals surface area contributed by atoms with Crippen LogP contribution in [0.3, 0.4) is 0 Å². The second kappa shape index (κ2) is 6.75. The Morgan fingerprint density at radius 3 is 2.50 bits per heavy atom. The summed E-state index contributed by atoms with van der Waals surface area (Å²) in [7, 11) is 0. The van der Waals surface area contributed by atoms with E-state index in [1.165, 1.54) is 12.2 Å². The van der Waals surface area contributed by atoms with Crippen molar-refractivity contribution in [3.63, 3.8) is 0 Å². The Morgan fingerprint density at radius 1 is 1.33 bits per heavy atom. The van der Waals surface area contributed by atoms with Crippen molar-refractivity contribution in [1.29, 1.82) is 0 Å². The van der Waals surface area contributed by atoms with Crippen molar-refractivity contribution >= 4 is 11.8 Å². The highest BCUT2D eigenvalue weighted by molar-refractivity contribution is 7.98. The van der Waals surface area contributed by atoms with Crippen LogP contribution in [-0.2, 0) is 0 Å². The number of hydrogen-bond acceptors (Lipinski definition) is 3. The Bertz CT molecular complexity index is 101. The van der Waals surface area contributed by atoms with E-state index in [9.17, 15) is 5.11 Å². The van der Waals surface area contributed by atoms with Gasteiger partial charge in [-0.15, -0.1) is 0 Å². The average molecular weight is 191 g/mol. The first kappa shape index (κ1) is 12.3. The predicted octanol–water partition coefficient (Wildman–Crippen LogP) is 1.49. The van der Waals surface area contributed by atoms with Gasteiger partial charge in [0.15, 0.2) is 0 Å². The minimum absolute atomic E-state index is 0.521. The zero-order valence-corrected chi connectivity index (χ0v) is 9.21. The lowest BCUT2D eigenvalue weighted by Crippen LogP contribution is -2.27. The average Bonchev–Trinajstić information content (AvgIpc) is 1.94. The molecule has 0 aliphatic carbocycles. The van der Waals surface area contributed by atoms with Crippen LogP contribution in [0.2, 0.25) is 0 Å². The van der Waals surface area contributed by atoms with Gasteiger partial charge in [0, 0.05) is 0 Å². The predicted molar refractivity (Wildman–Crippen MR) is 56.8 cm³/mol. The van der Waals surface area contributed by atoms with Gasteiger partial charge in [0.25, 0.3) is 0 Å². The standard InChI is InChI=1S/C9H21NOS/c1-9(2,11)5-7-10-6-4-8-12-3/h10-11H,4-8H2,1-3H3. The molecular weight excluding hydrogens is 170 g/mol. The molecule has 0 aliphatic heterocycles. The first-order valence-corrected chi connectivity index (χ1v) is 5.88. The monoisotopic (exact) mass is 191 g/mol. The number of aliphatic hydroxyl groups is 1. The summed E-state index contributed by atoms with van der Waals surface area (Å²) in [5, 5.41) is 12.7. The summed E-state index contributed by atoms with van der Waals surface area (Å²) >= 11 is 1.88. The molecular formula is C9H21NOS. The van der Waals surface area contributed by atoms with Crippen LogP contribution >= 0.6 is 11.8 Å². The first-order valence-electron chi connectivity index (χ1n) is 4.48. The fourth-order valence-corrected chi connectivity index (χ4v) is 1.29. The minimum atomic E-state index is -0.521. The largest absolute Gasteiger partial charge is 0.390 e. The van der Waals surface area contributed by atoms with Gasteiger partial charge in [-0.1, -0.05) is 0 Å². The lowest BCUT2D eigenvalue weighted by atomic mass is 10.1. The number of rotatable bonds is 7. The van der Waals surface area contributed by atoms with Gasteiger partial charge in [-0.25, -0.2) is 0 Å². The first-order chi connectivity index (χ1) is 5.56. The summed E-state index contributed by atoms with van der Waals surface area (Å²) in [5.74, 6) is 1.22. The second-order valence-electron chi connectivity index (χ2n) is 3.66. The molecule has 3 heteroatoms. The maximum Gasteiger partial charge on any atom is 0.0603 e. The van der Waals surface area contributed by atoms with Gasteiger partial charge >= 0.3 is 0 Å². The van der Waals surface area contributed by atoms with Gasteiger partial charge < -0.3 is 10.4 Å². The Balaban J connectivity index is 3.01. The summed E-state index contributed by atoms with van der Waals surface area (Å²) in [6.45, 7) is 5.67. The van der Waals surface area contributed by atoms with Crippen LogP contribution in [0, 0.1) is 0 Å². The SMILES string of the molecule is CSCCCNCCC(C)(C)O. The summed E-state index contributed by atoms with van der Waals surface area (Å²) in [5.41, 5.74) is -0.521. The van der Waals surface area contributed by atoms with Gasteiger partial charge in [0.1, 0.15) is 0 Å². The maximum absolute atomic E-state index is 9.38. The zero-order chi connectivity index (χ0) is 9.45. The molecule has 0 heterocycles. The van der Waals surface area contributed by atoms with Crippen molar-refractivity contribution < 1.29 is 5.11 Å². The fourth-order valence-electron chi connectivity index (χ4n) is 0.861. The molecule has 12 heavy (non-hydrogen) atoms. The molecule has 0 spiro atoms. The number of nitrogens with one attached hydrogen (secondary N) is 1. The quantitative estimate of drug-likeness (QED) is 0.598. The molecule has 0 fully saturated rings. The molecule has 0 saturated heterocycles. The molecule has 0 aliphatic rings. The Labute approximate surface area is 80.1 Å². The van der Waals surface area contributed by atoms with E-state index < -0.39 is 5.60 Å². The third-order valence-corrected chi connectivity index (χ3v) is 2.31. The van der Waals surface area contributed by atoms with E-state index in [2.05, 4.69) is 11.6 Å². The van der Waals surface area contributed by atoms with E-state index in [4.69, 9.17) is 0 Å². The smallest absolute Gasteiger partial charge is 0.0603 e. The molecule has 2 nitrogen and oxygen atoms in total. The Morgan fingerprint density at radius 2 is 2.00 bits per heavy atom. The zero-order valence-electron chi connectivity index (χ0n) is 8.39. The molecule has 2 N–H and O–H groups in total. The molecule has 74 valence electrons. The fraction of sp³-hybridized carbons (Fsp3) is 1.00. The Hall–Kier alpha value is 0.270. The molecule has 0 unspecified atom stereocenters. The second-order valence-corrected chi connectivity index (χ2v) is 4.64. The minimum Gasteiger partial charge on any atom is -0.390 e. The number of hydrogen-bond donors (Lipinski definition) is 2. The van der Waals surface area contributed by atoms with Gasteiger partial charge in [-0.3, -0.25) is 0 Å². The molecule has 0 rings (SSSR count). The summed E-state index contributed by atoms with van der Waals surface area (Å²) < 4.78 is 0. The molecule has 0 aromatic carbocycles. The van der Waals surface area contributed by atoms with E-state index in [1.54, 1.807) is 0 Å². The summed E-state index contributed by atoms with van der Waals surface area (Å²) in [4.78, 5) is 0. The van der Waals surface area contributed by atoms with Crippen molar-refractivity contribution in [3.05, 3.63) is 0 Å². The van der Waals surface area contributed by atoms with Crippen LogP contribution < -0.4 is 5.32 Å². The third-order valence-electron chi connectivity index (χ3n) is 1.62. The van der Waals surface area contributed by atoms with Gasteiger partial charge in [0.05, 0.1) is 5.60 Å². The van der Waals surface area contributed by atoms with Crippen molar-refractivity contribution in [2.45, 2.75) is 32.3 Å². The maximum atomic E-state index is 9.38. The topological polar surface area (TPSA) is 32.3 Å². The van der Waals surface area contributed by atoms with E-state index in [-0.39, 0.29) is 0 Å². The Kier molecular flexibility index (Phi) is 6.90. The van der Waals surface area contributed by atoms with Gasteiger partial charge in [-0.2, -0.15) is 11.8 Å². The van der Waals surface area contributed by atoms with Crippen molar-refractivity contribution in [1.82, 2.24) is 5.32 Å². The van der Waals surface area contributed by atoms with E-state index in [1.807, 2.05) is 25.6 Å². The van der Waals surface area contributed by atoms with Gasteiger partial charge in [0.2, 0.25) is 0 Å². The van der Waals surface area contributed by atoms with Crippen molar-refractivity contribution in [2.75, 3.05) is 25.1 Å². The highest BCUT2D eigenvalue weighted by Gasteiger charge is 2.10. The van der Waals surface area contributed by atoms with Crippen LogP contribution in [0.1, 0.15) is 26.7 Å². The molecule has 0 aromatic rings. The van der Waals surface area contributed by atoms with Crippen LogP contribution in [0.15, 0.2) is 0 Å². The third kappa shape index (κ3) is 10.3. The highest BCUT2D eigenvalue weighted by atomic mass is 32.2. The highest BCUT2D eigenvalue weighted by Crippen LogP contribution is 2.04. The molecule has 0 atom stereocenters. The van der Waals surface area contributed by atoms with Crippen LogP contribution in [0.25, 0.3) is 0 Å². The van der Waals surface area contributed by atoms with Crippen LogP contribution in [-0.4, -0.2) is 35.8 Å². The van der Waals surface area contributed by atoms with Gasteiger partial charge in [-0.05, 0) is 51.8 Å². The van der Waals surface area contributed by atoms with E-state index >= 15 is 0 Å². The molecule has 0 amide bonds. The lowest BCUT2D eigenvalue weighted by Gasteiger charge is -2.16. The van der Waals surface area contributed by atoms with Crippen molar-refractivity contribution in [2.24, 2.45) is 0 Å². The summed E-state index contributed by atoms with van der Waals surface area (Å²) in [6.07, 6.45) is 4.16. The molecule has 0 aromatic heterocycles. The van der Waals surface area contributed by atoms with E-state index in [0.717, 1.165) is 19.5 Å². The molecule has 0 bridgehead atoms.